The molecule has 1 saturated heterocycles. The van der Waals surface area contributed by atoms with Gasteiger partial charge in [0.25, 0.3) is 0 Å². The van der Waals surface area contributed by atoms with Gasteiger partial charge >= 0.3 is 0 Å². The first-order valence-electron chi connectivity index (χ1n) is 9.34. The topological polar surface area (TPSA) is 18.5 Å². The molecule has 0 spiro atoms. The maximum atomic E-state index is 3.38. The Hall–Kier alpha value is -0.900. The summed E-state index contributed by atoms with van der Waals surface area (Å²) in [4.78, 5) is 5.30. The normalized spacial score (nSPS) is 30.4. The van der Waals surface area contributed by atoms with E-state index in [1.165, 1.54) is 70.4 Å². The van der Waals surface area contributed by atoms with Crippen LogP contribution in [-0.2, 0) is 6.42 Å². The third-order valence-electron chi connectivity index (χ3n) is 6.08. The predicted molar refractivity (Wildman–Crippen MR) is 97.8 cm³/mol. The molecule has 0 bridgehead atoms. The highest BCUT2D eigenvalue weighted by Crippen LogP contribution is 2.39. The quantitative estimate of drug-likeness (QED) is 0.901. The maximum Gasteiger partial charge on any atom is 0.0251 e. The molecule has 0 unspecified atom stereocenters. The lowest BCUT2D eigenvalue weighted by Gasteiger charge is -2.51. The summed E-state index contributed by atoms with van der Waals surface area (Å²) < 4.78 is 0. The van der Waals surface area contributed by atoms with Gasteiger partial charge in [-0.2, -0.15) is 0 Å². The second-order valence-corrected chi connectivity index (χ2v) is 7.68. The van der Waals surface area contributed by atoms with Crippen LogP contribution in [0.5, 0.6) is 0 Å². The molecule has 3 rings (SSSR count). The number of nitrogens with zero attached hydrogens (tertiary/aromatic N) is 2. The van der Waals surface area contributed by atoms with Crippen LogP contribution in [0.25, 0.3) is 0 Å². The van der Waals surface area contributed by atoms with Crippen molar-refractivity contribution in [2.24, 2.45) is 5.92 Å². The van der Waals surface area contributed by atoms with Gasteiger partial charge in [-0.25, -0.2) is 0 Å². The molecule has 1 heterocycles. The predicted octanol–water partition coefficient (Wildman–Crippen LogP) is 2.62. The second kappa shape index (κ2) is 7.78. The maximum absolute atomic E-state index is 3.38. The minimum atomic E-state index is 0.396. The molecule has 1 aliphatic carbocycles. The molecule has 2 aliphatic rings. The van der Waals surface area contributed by atoms with Gasteiger partial charge in [0.05, 0.1) is 0 Å². The van der Waals surface area contributed by atoms with Gasteiger partial charge in [-0.05, 0) is 64.2 Å². The molecule has 0 radical (unpaired) electrons. The fourth-order valence-electron chi connectivity index (χ4n) is 4.57. The first-order valence-corrected chi connectivity index (χ1v) is 9.34. The highest BCUT2D eigenvalue weighted by Gasteiger charge is 2.40. The molecule has 1 aromatic rings. The van der Waals surface area contributed by atoms with Crippen LogP contribution >= 0.6 is 0 Å². The third kappa shape index (κ3) is 4.14. The second-order valence-electron chi connectivity index (χ2n) is 7.68. The molecule has 1 aromatic carbocycles. The minimum absolute atomic E-state index is 0.396. The Kier molecular flexibility index (Phi) is 5.73. The van der Waals surface area contributed by atoms with Crippen molar-refractivity contribution in [2.75, 3.05) is 46.8 Å². The Balaban J connectivity index is 1.73. The monoisotopic (exact) mass is 315 g/mol. The van der Waals surface area contributed by atoms with Crippen molar-refractivity contribution >= 4 is 0 Å². The van der Waals surface area contributed by atoms with Crippen molar-refractivity contribution in [2.45, 2.75) is 37.6 Å². The Bertz CT molecular complexity index is 457. The van der Waals surface area contributed by atoms with E-state index in [0.717, 1.165) is 5.92 Å². The van der Waals surface area contributed by atoms with Crippen molar-refractivity contribution in [1.29, 1.82) is 0 Å². The average molecular weight is 316 g/mol. The van der Waals surface area contributed by atoms with Gasteiger partial charge in [-0.15, -0.1) is 0 Å². The van der Waals surface area contributed by atoms with E-state index in [4.69, 9.17) is 0 Å². The molecular weight excluding hydrogens is 282 g/mol. The van der Waals surface area contributed by atoms with E-state index in [1.54, 1.807) is 0 Å². The fraction of sp³-hybridized carbons (Fsp3) is 0.700. The summed E-state index contributed by atoms with van der Waals surface area (Å²) in [7, 11) is 4.34. The minimum Gasteiger partial charge on any atom is -0.319 e. The van der Waals surface area contributed by atoms with Crippen molar-refractivity contribution in [3.8, 4) is 0 Å². The van der Waals surface area contributed by atoms with Crippen LogP contribution in [0.4, 0.5) is 0 Å². The zero-order valence-electron chi connectivity index (χ0n) is 14.9. The lowest BCUT2D eigenvalue weighted by Crippen LogP contribution is -2.59. The van der Waals surface area contributed by atoms with Gasteiger partial charge in [0, 0.05) is 31.7 Å². The molecular formula is C20H33N3. The first-order chi connectivity index (χ1) is 11.2. The van der Waals surface area contributed by atoms with E-state index in [-0.39, 0.29) is 0 Å². The van der Waals surface area contributed by atoms with Gasteiger partial charge in [-0.1, -0.05) is 30.3 Å². The molecule has 128 valence electrons. The molecule has 3 heteroatoms. The molecule has 2 fully saturated rings. The standard InChI is InChI=1S/C20H33N3/c1-21-17-19-8-10-20(11-9-19,16-18-6-4-3-5-7-18)23-14-12-22(2)13-15-23/h3-7,19,21H,8-17H2,1-2H3. The van der Waals surface area contributed by atoms with Gasteiger partial charge in [0.1, 0.15) is 0 Å². The fourth-order valence-corrected chi connectivity index (χ4v) is 4.57. The first kappa shape index (κ1) is 16.9. The highest BCUT2D eigenvalue weighted by atomic mass is 15.3. The van der Waals surface area contributed by atoms with Gasteiger partial charge in [0.15, 0.2) is 0 Å². The molecule has 3 nitrogen and oxygen atoms in total. The Morgan fingerprint density at radius 3 is 2.30 bits per heavy atom. The smallest absolute Gasteiger partial charge is 0.0251 e. The Morgan fingerprint density at radius 2 is 1.70 bits per heavy atom. The number of rotatable bonds is 5. The van der Waals surface area contributed by atoms with Gasteiger partial charge < -0.3 is 10.2 Å². The number of likely N-dealkylation sites (N-methyl/N-ethyl adjacent to an activating group) is 1. The summed E-state index contributed by atoms with van der Waals surface area (Å²) in [5.41, 5.74) is 1.91. The number of benzene rings is 1. The molecule has 1 saturated carbocycles. The van der Waals surface area contributed by atoms with E-state index < -0.39 is 0 Å². The molecule has 1 N–H and O–H groups in total. The van der Waals surface area contributed by atoms with E-state index in [1.807, 2.05) is 0 Å². The van der Waals surface area contributed by atoms with Gasteiger partial charge in [-0.3, -0.25) is 4.90 Å². The van der Waals surface area contributed by atoms with E-state index in [2.05, 4.69) is 59.5 Å². The van der Waals surface area contributed by atoms with Gasteiger partial charge in [0.2, 0.25) is 0 Å². The lowest BCUT2D eigenvalue weighted by molar-refractivity contribution is 0.00369. The SMILES string of the molecule is CNCC1CCC(Cc2ccccc2)(N2CCN(C)CC2)CC1. The molecule has 23 heavy (non-hydrogen) atoms. The Morgan fingerprint density at radius 1 is 1.04 bits per heavy atom. The van der Waals surface area contributed by atoms with Crippen LogP contribution in [0.1, 0.15) is 31.2 Å². The number of hydrogen-bond donors (Lipinski definition) is 1. The van der Waals surface area contributed by atoms with Crippen LogP contribution in [-0.4, -0.2) is 62.2 Å². The van der Waals surface area contributed by atoms with Crippen molar-refractivity contribution in [3.05, 3.63) is 35.9 Å². The van der Waals surface area contributed by atoms with E-state index in [9.17, 15) is 0 Å². The van der Waals surface area contributed by atoms with Crippen LogP contribution < -0.4 is 5.32 Å². The number of hydrogen-bond acceptors (Lipinski definition) is 3. The molecule has 0 amide bonds. The summed E-state index contributed by atoms with van der Waals surface area (Å²) in [6.45, 7) is 6.09. The molecule has 0 aromatic heterocycles. The third-order valence-corrected chi connectivity index (χ3v) is 6.08. The van der Waals surface area contributed by atoms with Crippen LogP contribution in [0.15, 0.2) is 30.3 Å². The summed E-state index contributed by atoms with van der Waals surface area (Å²) in [5.74, 6) is 0.872. The van der Waals surface area contributed by atoms with Crippen LogP contribution in [0.3, 0.4) is 0 Å². The largest absolute Gasteiger partial charge is 0.319 e. The van der Waals surface area contributed by atoms with Crippen molar-refractivity contribution in [1.82, 2.24) is 15.1 Å². The molecule has 0 atom stereocenters. The lowest BCUT2D eigenvalue weighted by atomic mass is 9.72. The summed E-state index contributed by atoms with van der Waals surface area (Å²) >= 11 is 0. The zero-order valence-corrected chi connectivity index (χ0v) is 14.9. The zero-order chi connectivity index (χ0) is 16.1. The van der Waals surface area contributed by atoms with E-state index in [0.29, 0.717) is 5.54 Å². The number of nitrogens with one attached hydrogen (secondary N) is 1. The van der Waals surface area contributed by atoms with Crippen LogP contribution in [0, 0.1) is 5.92 Å². The summed E-state index contributed by atoms with van der Waals surface area (Å²) in [5, 5.41) is 3.38. The highest BCUT2D eigenvalue weighted by molar-refractivity contribution is 5.19. The Labute approximate surface area is 142 Å². The van der Waals surface area contributed by atoms with Crippen LogP contribution in [0.2, 0.25) is 0 Å². The van der Waals surface area contributed by atoms with Crippen molar-refractivity contribution < 1.29 is 0 Å². The number of piperazine rings is 1. The van der Waals surface area contributed by atoms with E-state index >= 15 is 0 Å². The average Bonchev–Trinajstić information content (AvgIpc) is 2.58. The van der Waals surface area contributed by atoms with Crippen molar-refractivity contribution in [3.63, 3.8) is 0 Å². The summed E-state index contributed by atoms with van der Waals surface area (Å²) in [6.07, 6.45) is 6.69. The molecule has 1 aliphatic heterocycles. The summed E-state index contributed by atoms with van der Waals surface area (Å²) in [6, 6.07) is 11.2.